The number of benzene rings is 3. The third-order valence-electron chi connectivity index (χ3n) is 4.20. The molecule has 3 aromatic carbocycles. The molecule has 0 N–H and O–H groups in total. The van der Waals surface area contributed by atoms with Crippen molar-refractivity contribution in [2.24, 2.45) is 0 Å². The summed E-state index contributed by atoms with van der Waals surface area (Å²) >= 11 is 0. The first-order chi connectivity index (χ1) is 11.0. The van der Waals surface area contributed by atoms with Crippen LogP contribution in [0.2, 0.25) is 0 Å². The van der Waals surface area contributed by atoms with E-state index in [2.05, 4.69) is 31.5 Å². The van der Waals surface area contributed by atoms with Gasteiger partial charge < -0.3 is 0 Å². The van der Waals surface area contributed by atoms with Crippen molar-refractivity contribution >= 4 is 29.1 Å². The highest BCUT2D eigenvalue weighted by Gasteiger charge is 2.10. The van der Waals surface area contributed by atoms with E-state index in [1.807, 2.05) is 49.4 Å². The van der Waals surface area contributed by atoms with E-state index in [0.29, 0.717) is 5.56 Å². The zero-order chi connectivity index (χ0) is 16.6. The third-order valence-corrected chi connectivity index (χ3v) is 5.57. The van der Waals surface area contributed by atoms with E-state index in [0.717, 1.165) is 27.3 Å². The summed E-state index contributed by atoms with van der Waals surface area (Å²) in [5.41, 5.74) is 5.86. The number of aryl methyl sites for hydroxylation is 1. The van der Waals surface area contributed by atoms with Gasteiger partial charge in [0.15, 0.2) is 0 Å². The number of hydrogen-bond donors (Lipinski definition) is 0. The fourth-order valence-electron chi connectivity index (χ4n) is 2.65. The molecule has 116 valence electrons. The highest BCUT2D eigenvalue weighted by atomic mass is 31.0. The summed E-state index contributed by atoms with van der Waals surface area (Å²) in [5.74, 6) is -0.191. The molecule has 23 heavy (non-hydrogen) atoms. The Labute approximate surface area is 141 Å². The average Bonchev–Trinajstić information content (AvgIpc) is 2.54. The van der Waals surface area contributed by atoms with Crippen molar-refractivity contribution < 1.29 is 4.39 Å². The lowest BCUT2D eigenvalue weighted by molar-refractivity contribution is 0.632. The van der Waals surface area contributed by atoms with Crippen LogP contribution in [0.1, 0.15) is 11.1 Å². The van der Waals surface area contributed by atoms with Gasteiger partial charge in [-0.25, -0.2) is 4.39 Å². The summed E-state index contributed by atoms with van der Waals surface area (Å²) in [6, 6.07) is 17.5. The fraction of sp³-hybridized carbons (Fsp3) is 0.100. The van der Waals surface area contributed by atoms with Crippen molar-refractivity contribution in [3.8, 4) is 22.3 Å². The molecule has 3 aromatic rings. The van der Waals surface area contributed by atoms with Gasteiger partial charge in [-0.1, -0.05) is 54.1 Å². The Morgan fingerprint density at radius 3 is 2.00 bits per heavy atom. The van der Waals surface area contributed by atoms with Crippen LogP contribution in [0, 0.1) is 19.7 Å². The highest BCUT2D eigenvalue weighted by Crippen LogP contribution is 2.28. The standard InChI is InChI=1S/C20H19FP2/c1-12-3-5-14(6-4-12)16-8-7-15(11-18(16)21)17-9-10-19(22)13(2)20(17)23/h3-11H,22-23H2,1-2H3. The lowest BCUT2D eigenvalue weighted by Crippen LogP contribution is -2.11. The molecule has 0 fully saturated rings. The second-order valence-electron chi connectivity index (χ2n) is 5.80. The van der Waals surface area contributed by atoms with Gasteiger partial charge in [0.2, 0.25) is 0 Å². The second-order valence-corrected chi connectivity index (χ2v) is 7.00. The zero-order valence-electron chi connectivity index (χ0n) is 13.2. The Morgan fingerprint density at radius 2 is 1.35 bits per heavy atom. The molecule has 0 aromatic heterocycles. The minimum absolute atomic E-state index is 0.191. The van der Waals surface area contributed by atoms with Gasteiger partial charge in [-0.2, -0.15) is 0 Å². The summed E-state index contributed by atoms with van der Waals surface area (Å²) in [6.07, 6.45) is 0. The SMILES string of the molecule is Cc1ccc(-c2ccc(-c3ccc(P)c(C)c3P)cc2F)cc1. The van der Waals surface area contributed by atoms with Crippen LogP contribution in [-0.2, 0) is 0 Å². The molecule has 0 heterocycles. The first kappa shape index (κ1) is 16.3. The van der Waals surface area contributed by atoms with E-state index >= 15 is 0 Å². The smallest absolute Gasteiger partial charge is 0.131 e. The molecule has 0 aliphatic carbocycles. The summed E-state index contributed by atoms with van der Waals surface area (Å²) in [4.78, 5) is 0. The lowest BCUT2D eigenvalue weighted by Gasteiger charge is -2.12. The third kappa shape index (κ3) is 3.23. The molecule has 0 bridgehead atoms. The molecule has 0 radical (unpaired) electrons. The van der Waals surface area contributed by atoms with Crippen LogP contribution < -0.4 is 10.6 Å². The molecule has 3 rings (SSSR count). The fourth-order valence-corrected chi connectivity index (χ4v) is 3.49. The molecule has 0 nitrogen and oxygen atoms in total. The lowest BCUT2D eigenvalue weighted by atomic mass is 9.98. The van der Waals surface area contributed by atoms with Crippen molar-refractivity contribution in [3.63, 3.8) is 0 Å². The first-order valence-corrected chi connectivity index (χ1v) is 8.64. The highest BCUT2D eigenvalue weighted by molar-refractivity contribution is 7.30. The normalized spacial score (nSPS) is 10.8. The van der Waals surface area contributed by atoms with E-state index < -0.39 is 0 Å². The molecule has 0 aliphatic heterocycles. The van der Waals surface area contributed by atoms with E-state index in [9.17, 15) is 4.39 Å². The molecule has 3 heteroatoms. The van der Waals surface area contributed by atoms with Crippen molar-refractivity contribution in [1.82, 2.24) is 0 Å². The van der Waals surface area contributed by atoms with E-state index in [4.69, 9.17) is 0 Å². The van der Waals surface area contributed by atoms with Crippen molar-refractivity contribution in [2.75, 3.05) is 0 Å². The molecule has 0 saturated carbocycles. The first-order valence-electron chi connectivity index (χ1n) is 7.49. The van der Waals surface area contributed by atoms with Gasteiger partial charge in [-0.05, 0) is 52.8 Å². The number of halogens is 1. The van der Waals surface area contributed by atoms with Crippen LogP contribution in [0.5, 0.6) is 0 Å². The molecule has 2 atom stereocenters. The summed E-state index contributed by atoms with van der Waals surface area (Å²) in [5, 5.41) is 2.27. The van der Waals surface area contributed by atoms with Crippen LogP contribution in [0.25, 0.3) is 22.3 Å². The minimum Gasteiger partial charge on any atom is -0.206 e. The van der Waals surface area contributed by atoms with Gasteiger partial charge in [-0.3, -0.25) is 0 Å². The van der Waals surface area contributed by atoms with Crippen LogP contribution in [0.3, 0.4) is 0 Å². The van der Waals surface area contributed by atoms with E-state index in [1.54, 1.807) is 6.07 Å². The van der Waals surface area contributed by atoms with E-state index in [-0.39, 0.29) is 5.82 Å². The van der Waals surface area contributed by atoms with Gasteiger partial charge in [-0.15, -0.1) is 18.5 Å². The van der Waals surface area contributed by atoms with Crippen molar-refractivity contribution in [3.05, 3.63) is 71.5 Å². The molecule has 2 unspecified atom stereocenters. The Kier molecular flexibility index (Phi) is 4.62. The predicted molar refractivity (Wildman–Crippen MR) is 105 cm³/mol. The maximum atomic E-state index is 14.6. The molecule has 0 aliphatic rings. The average molecular weight is 340 g/mol. The summed E-state index contributed by atoms with van der Waals surface area (Å²) < 4.78 is 14.6. The van der Waals surface area contributed by atoms with E-state index in [1.165, 1.54) is 11.1 Å². The quantitative estimate of drug-likeness (QED) is 0.589. The van der Waals surface area contributed by atoms with Crippen LogP contribution in [0.15, 0.2) is 54.6 Å². The van der Waals surface area contributed by atoms with Gasteiger partial charge in [0.05, 0.1) is 0 Å². The topological polar surface area (TPSA) is 0 Å². The predicted octanol–water partition coefficient (Wildman–Crippen LogP) is 4.78. The van der Waals surface area contributed by atoms with Crippen molar-refractivity contribution in [1.29, 1.82) is 0 Å². The maximum absolute atomic E-state index is 14.6. The van der Waals surface area contributed by atoms with Gasteiger partial charge in [0.25, 0.3) is 0 Å². The second kappa shape index (κ2) is 6.52. The monoisotopic (exact) mass is 340 g/mol. The zero-order valence-corrected chi connectivity index (χ0v) is 15.5. The Hall–Kier alpha value is -1.55. The van der Waals surface area contributed by atoms with Gasteiger partial charge in [0.1, 0.15) is 5.82 Å². The molecular weight excluding hydrogens is 321 g/mol. The largest absolute Gasteiger partial charge is 0.206 e. The molecule has 0 amide bonds. The Balaban J connectivity index is 2.06. The Bertz CT molecular complexity index is 868. The molecule has 0 spiro atoms. The van der Waals surface area contributed by atoms with Crippen LogP contribution in [-0.4, -0.2) is 0 Å². The van der Waals surface area contributed by atoms with Crippen LogP contribution in [0.4, 0.5) is 4.39 Å². The number of hydrogen-bond acceptors (Lipinski definition) is 0. The van der Waals surface area contributed by atoms with Gasteiger partial charge in [0, 0.05) is 5.56 Å². The maximum Gasteiger partial charge on any atom is 0.131 e. The minimum atomic E-state index is -0.191. The van der Waals surface area contributed by atoms with Crippen LogP contribution >= 0.6 is 18.5 Å². The molecule has 0 saturated heterocycles. The summed E-state index contributed by atoms with van der Waals surface area (Å²) in [7, 11) is 5.50. The van der Waals surface area contributed by atoms with Crippen molar-refractivity contribution in [2.45, 2.75) is 13.8 Å². The van der Waals surface area contributed by atoms with Gasteiger partial charge >= 0.3 is 0 Å². The summed E-state index contributed by atoms with van der Waals surface area (Å²) in [6.45, 7) is 4.10. The Morgan fingerprint density at radius 1 is 0.739 bits per heavy atom. The number of rotatable bonds is 2. The molecular formula is C20H19FP2.